The van der Waals surface area contributed by atoms with Crippen molar-refractivity contribution in [3.05, 3.63) is 216 Å². The number of hydrogen-bond acceptors (Lipinski definition) is 23. The van der Waals surface area contributed by atoms with Gasteiger partial charge in [0, 0.05) is 96.0 Å². The zero-order valence-corrected chi connectivity index (χ0v) is 83.6. The number of hydrogen-bond donors (Lipinski definition) is 10. The summed E-state index contributed by atoms with van der Waals surface area (Å²) >= 11 is 1.22. The van der Waals surface area contributed by atoms with Crippen LogP contribution in [0.2, 0.25) is 0 Å². The molecule has 20 unspecified atom stereocenters. The molecule has 10 N–H and O–H groups in total. The predicted octanol–water partition coefficient (Wildman–Crippen LogP) is 15.5. The Hall–Kier alpha value is -9.93. The number of Topliss-reactive ketones (excluding diaryl/α,β-unsaturated/α-hetero) is 3. The summed E-state index contributed by atoms with van der Waals surface area (Å²) in [5.41, 5.74) is -2.92. The van der Waals surface area contributed by atoms with E-state index in [0.29, 0.717) is 61.7 Å². The second kappa shape index (κ2) is 36.7. The number of nitrogens with one attached hydrogen (secondary N) is 2. The number of carbonyl (C=O) groups excluding carboxylic acids is 9. The number of rotatable bonds is 16. The number of carbonyl (C=O) groups is 9. The van der Waals surface area contributed by atoms with Crippen LogP contribution in [0.3, 0.4) is 0 Å². The summed E-state index contributed by atoms with van der Waals surface area (Å²) in [6.45, 7) is 22.5. The summed E-state index contributed by atoms with van der Waals surface area (Å²) < 4.78 is 11.6. The van der Waals surface area contributed by atoms with Gasteiger partial charge in [0.25, 0.3) is 5.91 Å². The number of pyridine rings is 2. The molecule has 24 nitrogen and oxygen atoms in total. The Labute approximate surface area is 829 Å². The van der Waals surface area contributed by atoms with Gasteiger partial charge in [0.1, 0.15) is 52.9 Å². The first-order valence-corrected chi connectivity index (χ1v) is 52.4. The zero-order chi connectivity index (χ0) is 100. The van der Waals surface area contributed by atoms with Crippen molar-refractivity contribution >= 4 is 92.7 Å². The Morgan fingerprint density at radius 2 is 0.887 bits per heavy atom. The van der Waals surface area contributed by atoms with Gasteiger partial charge in [0.15, 0.2) is 28.9 Å². The van der Waals surface area contributed by atoms with E-state index in [1.807, 2.05) is 152 Å². The van der Waals surface area contributed by atoms with E-state index in [0.717, 1.165) is 121 Å². The number of ketones is 7. The average molecular weight is 1940 g/mol. The molecule has 22 rings (SSSR count). The maximum Gasteiger partial charge on any atom is 0.258 e. The number of thioether (sulfide) groups is 1. The van der Waals surface area contributed by atoms with E-state index in [2.05, 4.69) is 53.3 Å². The number of aromatic nitrogens is 2. The second-order valence-corrected chi connectivity index (χ2v) is 47.5. The van der Waals surface area contributed by atoms with Gasteiger partial charge >= 0.3 is 0 Å². The second-order valence-electron chi connectivity index (χ2n) is 46.5. The maximum atomic E-state index is 13.8. The molecular weight excluding hydrogens is 1800 g/mol. The summed E-state index contributed by atoms with van der Waals surface area (Å²) in [5.74, 6) is 0.417. The van der Waals surface area contributed by atoms with E-state index < -0.39 is 74.4 Å². The van der Waals surface area contributed by atoms with Crippen molar-refractivity contribution in [3.8, 4) is 11.5 Å². The predicted molar refractivity (Wildman–Crippen MR) is 536 cm³/mol. The van der Waals surface area contributed by atoms with Crippen LogP contribution in [0, 0.1) is 132 Å². The van der Waals surface area contributed by atoms with E-state index in [1.54, 1.807) is 85.4 Å². The fraction of sp³-hybridized carbons (Fsp3) is 0.552. The van der Waals surface area contributed by atoms with Crippen molar-refractivity contribution < 1.29 is 93.5 Å². The molecule has 3 aromatic carbocycles. The molecule has 141 heavy (non-hydrogen) atoms. The Kier molecular flexibility index (Phi) is 26.0. The van der Waals surface area contributed by atoms with Crippen LogP contribution in [-0.4, -0.2) is 181 Å². The third-order valence-electron chi connectivity index (χ3n) is 39.9. The van der Waals surface area contributed by atoms with Crippen LogP contribution in [0.15, 0.2) is 210 Å². The van der Waals surface area contributed by atoms with Crippen molar-refractivity contribution in [2.75, 3.05) is 35.4 Å². The van der Waals surface area contributed by atoms with Gasteiger partial charge in [-0.15, -0.1) is 11.8 Å². The SMILES string of the molecule is CC12C=CC(=O)C=C1CCC1C2[C@@H](O)CC2(C)C1CC[C@]2(O)C(=O)Nc1ccc2ccccc2n1.C[C@@H]1CC2C3CCC4=CC(=O)C=CC4(C)C3[C@@H](O)CC2(C)[C@@]1(O)C(=O)COc1cccc2c1C=NC2.C[C@@H]1CC2C3CCC4=CC(=O)C=CC4(C)C3[C@@H](O)CC2(C)[C@@]1(O)C(=O)COc1cccnc1.C[C@@H]1CC2C3CCC4=CC(=O)C=CC4(C)C3[C@@H](O)CC2(C)[C@@]1(O)C(=O)CSCC(=O)Nc1ccccc1. The average Bonchev–Trinajstić information content (AvgIpc) is 1.55. The lowest BCUT2D eigenvalue weighted by atomic mass is 9.46. The summed E-state index contributed by atoms with van der Waals surface area (Å²) in [7, 11) is 0. The zero-order valence-electron chi connectivity index (χ0n) is 82.7. The highest BCUT2D eigenvalue weighted by molar-refractivity contribution is 8.00. The number of aliphatic imine (C=N–C) groups is 1. The number of ether oxygens (including phenoxy) is 2. The van der Waals surface area contributed by atoms with Gasteiger partial charge in [-0.05, 0) is 277 Å². The monoisotopic (exact) mass is 1940 g/mol. The Morgan fingerprint density at radius 1 is 0.454 bits per heavy atom. The van der Waals surface area contributed by atoms with E-state index in [-0.39, 0.29) is 182 Å². The smallest absolute Gasteiger partial charge is 0.258 e. The molecule has 25 heteroatoms. The molecule has 0 spiro atoms. The Morgan fingerprint density at radius 3 is 1.35 bits per heavy atom. The van der Waals surface area contributed by atoms with Gasteiger partial charge < -0.3 is 61.0 Å². The van der Waals surface area contributed by atoms with Crippen molar-refractivity contribution in [2.45, 2.75) is 239 Å². The molecule has 1 aliphatic heterocycles. The third-order valence-corrected chi connectivity index (χ3v) is 40.8. The van der Waals surface area contributed by atoms with Gasteiger partial charge in [-0.2, -0.15) is 0 Å². The molecule has 31 atom stereocenters. The minimum absolute atomic E-state index is 0.00507. The Bertz CT molecular complexity index is 6200. The molecule has 0 bridgehead atoms. The summed E-state index contributed by atoms with van der Waals surface area (Å²) in [6.07, 6.45) is 34.9. The third kappa shape index (κ3) is 15.9. The molecule has 16 aliphatic carbocycles. The minimum atomic E-state index is -1.59. The molecule has 17 aliphatic rings. The molecule has 746 valence electrons. The van der Waals surface area contributed by atoms with Crippen LogP contribution in [-0.2, 0) is 49.7 Å². The molecule has 2 amide bonds. The van der Waals surface area contributed by atoms with Crippen LogP contribution < -0.4 is 20.1 Å². The fourth-order valence-corrected chi connectivity index (χ4v) is 33.8. The van der Waals surface area contributed by atoms with Crippen molar-refractivity contribution in [2.24, 2.45) is 137 Å². The van der Waals surface area contributed by atoms with Crippen molar-refractivity contribution in [1.82, 2.24) is 9.97 Å². The first kappa shape index (κ1) is 99.8. The normalized spacial score (nSPS) is 41.6. The van der Waals surface area contributed by atoms with Crippen LogP contribution >= 0.6 is 11.8 Å². The number of anilines is 2. The highest BCUT2D eigenvalue weighted by atomic mass is 32.2. The number of para-hydroxylation sites is 2. The van der Waals surface area contributed by atoms with Crippen LogP contribution in [0.5, 0.6) is 11.5 Å². The van der Waals surface area contributed by atoms with Crippen molar-refractivity contribution in [1.29, 1.82) is 0 Å². The van der Waals surface area contributed by atoms with Crippen molar-refractivity contribution in [3.63, 3.8) is 0 Å². The van der Waals surface area contributed by atoms with E-state index in [9.17, 15) is 84.0 Å². The van der Waals surface area contributed by atoms with Crippen LogP contribution in [0.1, 0.15) is 196 Å². The number of aliphatic hydroxyl groups excluding tert-OH is 4. The molecule has 12 saturated carbocycles. The van der Waals surface area contributed by atoms with Gasteiger partial charge in [-0.1, -0.05) is 171 Å². The molecule has 2 aromatic heterocycles. The van der Waals surface area contributed by atoms with Gasteiger partial charge in [-0.25, -0.2) is 4.98 Å². The maximum absolute atomic E-state index is 13.8. The lowest BCUT2D eigenvalue weighted by Crippen LogP contribution is -2.63. The van der Waals surface area contributed by atoms with E-state index >= 15 is 0 Å². The first-order chi connectivity index (χ1) is 66.9. The van der Waals surface area contributed by atoms with Gasteiger partial charge in [0.05, 0.1) is 54.2 Å². The largest absolute Gasteiger partial charge is 0.485 e. The van der Waals surface area contributed by atoms with Gasteiger partial charge in [-0.3, -0.25) is 53.1 Å². The molecule has 5 aromatic rings. The summed E-state index contributed by atoms with van der Waals surface area (Å²) in [4.78, 5) is 128. The first-order valence-electron chi connectivity index (χ1n) is 51.2. The molecule has 0 saturated heterocycles. The highest BCUT2D eigenvalue weighted by Crippen LogP contribution is 2.74. The molecule has 12 fully saturated rings. The lowest BCUT2D eigenvalue weighted by molar-refractivity contribution is -0.183. The van der Waals surface area contributed by atoms with Crippen LogP contribution in [0.25, 0.3) is 10.9 Å². The molecule has 3 heterocycles. The fourth-order valence-electron chi connectivity index (χ4n) is 33.1. The number of amides is 2. The quantitative estimate of drug-likeness (QED) is 0.0438. The Balaban J connectivity index is 0.000000120. The summed E-state index contributed by atoms with van der Waals surface area (Å²) in [5, 5.41) is 101. The number of allylic oxidation sites excluding steroid dienone is 16. The minimum Gasteiger partial charge on any atom is -0.485 e. The number of aliphatic hydroxyl groups is 8. The van der Waals surface area contributed by atoms with Gasteiger partial charge in [0.2, 0.25) is 17.5 Å². The lowest BCUT2D eigenvalue weighted by Gasteiger charge is -2.59. The number of benzene rings is 3. The topological polar surface area (TPSA) is 396 Å². The number of nitrogens with zero attached hydrogens (tertiary/aromatic N) is 3. The number of fused-ring (bicyclic) bond motifs is 22. The summed E-state index contributed by atoms with van der Waals surface area (Å²) in [6, 6.07) is 29.8. The van der Waals surface area contributed by atoms with Crippen LogP contribution in [0.4, 0.5) is 11.5 Å². The standard InChI is InChI=1S/C30H37NO5S.C30H35NO5.C29H32N2O4.C27H33NO5/c1-18-13-23-22-10-9-19-14-21(32)11-12-28(19,2)27(22)24(33)15-29(23,3)30(18,36)25(34)16-37-17-26(35)31-20-7-5-4-6-8-20;1-17-11-23-21-8-7-19-12-20(32)9-10-28(19,2)27(21)24(33)13-29(23,3)30(17,35)26(34)16-36-25-6-4-5-18-14-31-15-22(18)25;1-27-13-11-19(32)15-18(27)8-9-20-21-12-14-29(35,28(21,2)16-23(33)25(20)27)26(34)31-24-10-7-17-5-3-4-6-22(17)30-24;1-16-11-21-20-7-6-17-12-18(29)8-9-25(17,2)24(20)22(30)13-26(21,3)27(16,32)23(31)15-33-19-5-4-10-28-14-19/h4-8,11-12,14,18,22-24,27,33,36H,9-10,13,15-17H2,1-3H3,(H,31,35);4-6,9-10,12,15,17,21,23-24,27,33,35H,7-8,11,13-14,16H2,1-3H3;3-7,10-11,13,15,20-21,23,25,33,35H,8-9,12,14,16H2,1-2H3,(H,30,31,34);4-5,8-10,12,14,16,20-22,24,30,32H,6-7,11,13,15H2,1-3H3/t18-,22?,23?,24+,27?,28?,29?,30+;17-,21?,23?,24+,27?,28?,29?,30+;20?,21?,23-,25?,27?,28?,29-;16-,20?,21?,22+,24?,25?,26?,27+/m1101/s1. The van der Waals surface area contributed by atoms with E-state index in [4.69, 9.17) is 9.47 Å². The molecular formula is C116H137N5O19S. The van der Waals surface area contributed by atoms with E-state index in [1.165, 1.54) is 11.8 Å². The highest BCUT2D eigenvalue weighted by Gasteiger charge is 2.76. The molecule has 0 radical (unpaired) electrons.